The summed E-state index contributed by atoms with van der Waals surface area (Å²) in [6.45, 7) is 3.90. The zero-order valence-electron chi connectivity index (χ0n) is 11.0. The van der Waals surface area contributed by atoms with Gasteiger partial charge in [-0.05, 0) is 38.7 Å². The summed E-state index contributed by atoms with van der Waals surface area (Å²) >= 11 is 1.65. The van der Waals surface area contributed by atoms with Crippen molar-refractivity contribution in [1.82, 2.24) is 10.3 Å². The minimum atomic E-state index is -0.146. The van der Waals surface area contributed by atoms with Gasteiger partial charge in [0.05, 0.1) is 12.3 Å². The highest BCUT2D eigenvalue weighted by atomic mass is 32.1. The molecule has 1 saturated carbocycles. The van der Waals surface area contributed by atoms with Crippen LogP contribution >= 0.6 is 11.3 Å². The normalized spacial score (nSPS) is 16.3. The van der Waals surface area contributed by atoms with Gasteiger partial charge in [0.1, 0.15) is 5.01 Å². The SMILES string of the molecule is Cc1cnc(C(NC(=O)c2occc2C)C2CC2)s1. The lowest BCUT2D eigenvalue weighted by molar-refractivity contribution is 0.0902. The van der Waals surface area contributed by atoms with Crippen LogP contribution in [0.15, 0.2) is 22.9 Å². The van der Waals surface area contributed by atoms with E-state index < -0.39 is 0 Å². The van der Waals surface area contributed by atoms with Crippen LogP contribution < -0.4 is 5.32 Å². The second-order valence-corrected chi connectivity index (χ2v) is 6.30. The van der Waals surface area contributed by atoms with Crippen LogP contribution in [0.25, 0.3) is 0 Å². The number of rotatable bonds is 4. The van der Waals surface area contributed by atoms with Gasteiger partial charge in [-0.3, -0.25) is 4.79 Å². The summed E-state index contributed by atoms with van der Waals surface area (Å²) in [6.07, 6.45) is 5.71. The first-order valence-corrected chi connectivity index (χ1v) is 7.24. The van der Waals surface area contributed by atoms with Crippen molar-refractivity contribution in [3.8, 4) is 0 Å². The average Bonchev–Trinajstić information content (AvgIpc) is 2.99. The molecule has 2 aromatic heterocycles. The van der Waals surface area contributed by atoms with E-state index in [2.05, 4.69) is 10.3 Å². The van der Waals surface area contributed by atoms with Crippen molar-refractivity contribution in [2.45, 2.75) is 32.7 Å². The molecule has 1 aliphatic rings. The van der Waals surface area contributed by atoms with Gasteiger partial charge >= 0.3 is 0 Å². The van der Waals surface area contributed by atoms with Crippen LogP contribution in [-0.2, 0) is 0 Å². The van der Waals surface area contributed by atoms with Crippen molar-refractivity contribution < 1.29 is 9.21 Å². The van der Waals surface area contributed by atoms with Crippen molar-refractivity contribution in [2.24, 2.45) is 5.92 Å². The van der Waals surface area contributed by atoms with E-state index in [4.69, 9.17) is 4.42 Å². The van der Waals surface area contributed by atoms with Crippen LogP contribution in [0.2, 0.25) is 0 Å². The molecule has 19 heavy (non-hydrogen) atoms. The number of furan rings is 1. The number of hydrogen-bond donors (Lipinski definition) is 1. The van der Waals surface area contributed by atoms with Gasteiger partial charge in [-0.25, -0.2) is 4.98 Å². The Balaban J connectivity index is 1.79. The number of hydrogen-bond acceptors (Lipinski definition) is 4. The van der Waals surface area contributed by atoms with Gasteiger partial charge in [0.15, 0.2) is 5.76 Å². The quantitative estimate of drug-likeness (QED) is 0.932. The molecular formula is C14H16N2O2S. The molecule has 0 aromatic carbocycles. The Hall–Kier alpha value is -1.62. The number of amides is 1. The van der Waals surface area contributed by atoms with Crippen LogP contribution in [0.1, 0.15) is 44.9 Å². The van der Waals surface area contributed by atoms with Crippen LogP contribution in [-0.4, -0.2) is 10.9 Å². The van der Waals surface area contributed by atoms with Gasteiger partial charge in [-0.1, -0.05) is 0 Å². The first-order valence-electron chi connectivity index (χ1n) is 6.42. The number of carbonyl (C=O) groups is 1. The van der Waals surface area contributed by atoms with E-state index in [9.17, 15) is 4.79 Å². The highest BCUT2D eigenvalue weighted by Gasteiger charge is 2.35. The fourth-order valence-electron chi connectivity index (χ4n) is 2.14. The highest BCUT2D eigenvalue weighted by Crippen LogP contribution is 2.42. The van der Waals surface area contributed by atoms with E-state index in [1.54, 1.807) is 23.7 Å². The third-order valence-corrected chi connectivity index (χ3v) is 4.35. The van der Waals surface area contributed by atoms with Crippen LogP contribution in [0, 0.1) is 19.8 Å². The second-order valence-electron chi connectivity index (χ2n) is 5.03. The molecule has 1 unspecified atom stereocenters. The van der Waals surface area contributed by atoms with Gasteiger partial charge < -0.3 is 9.73 Å². The lowest BCUT2D eigenvalue weighted by Crippen LogP contribution is -2.29. The summed E-state index contributed by atoms with van der Waals surface area (Å²) < 4.78 is 5.24. The van der Waals surface area contributed by atoms with Crippen LogP contribution in [0.3, 0.4) is 0 Å². The van der Waals surface area contributed by atoms with Gasteiger partial charge in [0.25, 0.3) is 5.91 Å². The highest BCUT2D eigenvalue weighted by molar-refractivity contribution is 7.11. The molecule has 0 aliphatic heterocycles. The fourth-order valence-corrected chi connectivity index (χ4v) is 3.06. The predicted octanol–water partition coefficient (Wildman–Crippen LogP) is 3.23. The van der Waals surface area contributed by atoms with Crippen molar-refractivity contribution >= 4 is 17.2 Å². The smallest absolute Gasteiger partial charge is 0.287 e. The van der Waals surface area contributed by atoms with Gasteiger partial charge in [-0.2, -0.15) is 0 Å². The molecular weight excluding hydrogens is 260 g/mol. The lowest BCUT2D eigenvalue weighted by atomic mass is 10.2. The number of thiazole rings is 1. The third-order valence-electron chi connectivity index (χ3n) is 3.35. The molecule has 2 aromatic rings. The zero-order valence-corrected chi connectivity index (χ0v) is 11.8. The molecule has 1 amide bonds. The predicted molar refractivity (Wildman–Crippen MR) is 73.2 cm³/mol. The molecule has 4 nitrogen and oxygen atoms in total. The zero-order chi connectivity index (χ0) is 13.4. The largest absolute Gasteiger partial charge is 0.459 e. The van der Waals surface area contributed by atoms with Crippen molar-refractivity contribution in [2.75, 3.05) is 0 Å². The summed E-state index contributed by atoms with van der Waals surface area (Å²) in [4.78, 5) is 17.8. The average molecular weight is 276 g/mol. The molecule has 0 spiro atoms. The number of aryl methyl sites for hydroxylation is 2. The van der Waals surface area contributed by atoms with Crippen molar-refractivity contribution in [3.05, 3.63) is 39.7 Å². The monoisotopic (exact) mass is 276 g/mol. The molecule has 0 saturated heterocycles. The van der Waals surface area contributed by atoms with Gasteiger partial charge in [0.2, 0.25) is 0 Å². The van der Waals surface area contributed by atoms with Crippen LogP contribution in [0.5, 0.6) is 0 Å². The van der Waals surface area contributed by atoms with Crippen molar-refractivity contribution in [3.63, 3.8) is 0 Å². The number of carbonyl (C=O) groups excluding carboxylic acids is 1. The second kappa shape index (κ2) is 4.81. The maximum absolute atomic E-state index is 12.2. The summed E-state index contributed by atoms with van der Waals surface area (Å²) in [5, 5.41) is 4.06. The van der Waals surface area contributed by atoms with E-state index in [0.29, 0.717) is 11.7 Å². The molecule has 0 bridgehead atoms. The van der Waals surface area contributed by atoms with E-state index in [-0.39, 0.29) is 11.9 Å². The molecule has 5 heteroatoms. The molecule has 1 N–H and O–H groups in total. The fraction of sp³-hybridized carbons (Fsp3) is 0.429. The van der Waals surface area contributed by atoms with E-state index in [0.717, 1.165) is 23.4 Å². The van der Waals surface area contributed by atoms with E-state index >= 15 is 0 Å². The lowest BCUT2D eigenvalue weighted by Gasteiger charge is -2.15. The maximum atomic E-state index is 12.2. The first-order chi connectivity index (χ1) is 9.15. The molecule has 100 valence electrons. The molecule has 3 rings (SSSR count). The van der Waals surface area contributed by atoms with Gasteiger partial charge in [0, 0.05) is 16.6 Å². The van der Waals surface area contributed by atoms with Gasteiger partial charge in [-0.15, -0.1) is 11.3 Å². The molecule has 1 aliphatic carbocycles. The first kappa shape index (κ1) is 12.4. The van der Waals surface area contributed by atoms with E-state index in [1.165, 1.54) is 4.88 Å². The minimum Gasteiger partial charge on any atom is -0.459 e. The Morgan fingerprint density at radius 3 is 2.84 bits per heavy atom. The summed E-state index contributed by atoms with van der Waals surface area (Å²) in [5.41, 5.74) is 0.863. The summed E-state index contributed by atoms with van der Waals surface area (Å²) in [7, 11) is 0. The topological polar surface area (TPSA) is 55.1 Å². The molecule has 1 atom stereocenters. The Morgan fingerprint density at radius 2 is 2.32 bits per heavy atom. The minimum absolute atomic E-state index is 0.0238. The van der Waals surface area contributed by atoms with Crippen LogP contribution in [0.4, 0.5) is 0 Å². The Kier molecular flexibility index (Phi) is 3.14. The third kappa shape index (κ3) is 2.56. The molecule has 1 fully saturated rings. The molecule has 2 heterocycles. The number of nitrogens with zero attached hydrogens (tertiary/aromatic N) is 1. The summed E-state index contributed by atoms with van der Waals surface area (Å²) in [5.74, 6) is 0.774. The number of nitrogens with one attached hydrogen (secondary N) is 1. The number of aromatic nitrogens is 1. The maximum Gasteiger partial charge on any atom is 0.287 e. The van der Waals surface area contributed by atoms with E-state index in [1.807, 2.05) is 20.0 Å². The Labute approximate surface area is 115 Å². The summed E-state index contributed by atoms with van der Waals surface area (Å²) in [6, 6.07) is 1.82. The standard InChI is InChI=1S/C14H16N2O2S/c1-8-5-6-18-12(8)13(17)16-11(10-3-4-10)14-15-7-9(2)19-14/h5-7,10-11H,3-4H2,1-2H3,(H,16,17). The Bertz CT molecular complexity index is 598. The van der Waals surface area contributed by atoms with Crippen molar-refractivity contribution in [1.29, 1.82) is 0 Å². The molecule has 0 radical (unpaired) electrons. The Morgan fingerprint density at radius 1 is 1.53 bits per heavy atom.